The summed E-state index contributed by atoms with van der Waals surface area (Å²) in [5, 5.41) is 27.4. The van der Waals surface area contributed by atoms with Crippen LogP contribution >= 0.6 is 0 Å². The SMILES string of the molecule is CC[C@H](C)[C@H](NC(=O)[C@@H]1CCCN1C(=O)CNC(=O)[C@@H]1CCCN1C(=O)[C@H](Cc1ccccc1)NC(=O)[C@@H]1CCCN1C(=O)[C@H](N)Cc1ccc(O)cc1)C(=O)O. The molecular formula is C41H55N7O9. The van der Waals surface area contributed by atoms with E-state index in [1.807, 2.05) is 37.3 Å². The molecule has 2 aromatic carbocycles. The fourth-order valence-electron chi connectivity index (χ4n) is 7.96. The fraction of sp³-hybridized carbons (Fsp3) is 0.537. The van der Waals surface area contributed by atoms with Crippen LogP contribution in [0.1, 0.15) is 69.9 Å². The fourth-order valence-corrected chi connectivity index (χ4v) is 7.96. The Morgan fingerprint density at radius 2 is 1.25 bits per heavy atom. The summed E-state index contributed by atoms with van der Waals surface area (Å²) in [5.41, 5.74) is 7.84. The average Bonchev–Trinajstić information content (AvgIpc) is 4.01. The summed E-state index contributed by atoms with van der Waals surface area (Å²) < 4.78 is 0. The molecule has 16 heteroatoms. The molecule has 5 rings (SSSR count). The average molecular weight is 790 g/mol. The molecule has 3 fully saturated rings. The van der Waals surface area contributed by atoms with Crippen LogP contribution in [0.25, 0.3) is 0 Å². The van der Waals surface area contributed by atoms with Crippen LogP contribution in [0.5, 0.6) is 5.75 Å². The molecule has 6 amide bonds. The lowest BCUT2D eigenvalue weighted by Crippen LogP contribution is -2.58. The van der Waals surface area contributed by atoms with Gasteiger partial charge in [0, 0.05) is 26.1 Å². The lowest BCUT2D eigenvalue weighted by Gasteiger charge is -2.31. The molecular weight excluding hydrogens is 734 g/mol. The minimum atomic E-state index is -1.15. The number of nitrogens with two attached hydrogens (primary N) is 1. The van der Waals surface area contributed by atoms with Crippen LogP contribution in [0.3, 0.4) is 0 Å². The predicted molar refractivity (Wildman–Crippen MR) is 208 cm³/mol. The number of carboxylic acid groups (broad SMARTS) is 1. The summed E-state index contributed by atoms with van der Waals surface area (Å²) in [6.45, 7) is 3.99. The summed E-state index contributed by atoms with van der Waals surface area (Å²) in [4.78, 5) is 97.7. The Morgan fingerprint density at radius 3 is 1.84 bits per heavy atom. The maximum Gasteiger partial charge on any atom is 0.326 e. The molecule has 3 saturated heterocycles. The number of likely N-dealkylation sites (tertiary alicyclic amines) is 3. The highest BCUT2D eigenvalue weighted by molar-refractivity contribution is 5.97. The zero-order valence-corrected chi connectivity index (χ0v) is 32.6. The largest absolute Gasteiger partial charge is 0.508 e. The second-order valence-electron chi connectivity index (χ2n) is 15.3. The number of phenolic OH excluding ortho intramolecular Hbond substituents is 1. The van der Waals surface area contributed by atoms with Gasteiger partial charge >= 0.3 is 5.97 Å². The van der Waals surface area contributed by atoms with E-state index in [0.717, 1.165) is 11.1 Å². The molecule has 16 nitrogen and oxygen atoms in total. The van der Waals surface area contributed by atoms with Gasteiger partial charge < -0.3 is 46.6 Å². The number of carbonyl (C=O) groups is 7. The van der Waals surface area contributed by atoms with Gasteiger partial charge in [-0.3, -0.25) is 28.8 Å². The number of aliphatic carboxylic acids is 1. The van der Waals surface area contributed by atoms with E-state index in [1.54, 1.807) is 19.1 Å². The Hall–Kier alpha value is -5.51. The lowest BCUT2D eigenvalue weighted by molar-refractivity contribution is -0.145. The standard InChI is InChI=1S/C41H55N7O9/c1-3-25(2)35(41(56)57)45-38(53)32-13-7-19-46(32)34(50)24-43-36(51)31-12-8-21-48(31)40(55)30(23-26-10-5-4-6-11-26)44-37(52)33-14-9-20-47(33)39(54)29(42)22-27-15-17-28(49)18-16-27/h4-6,10-11,15-18,25,29-33,35,49H,3,7-9,12-14,19-24,42H2,1-2H3,(H,43,51)(H,44,52)(H,45,53)(H,56,57)/t25-,29+,30-,31-,32-,33-,35-/m0/s1. The highest BCUT2D eigenvalue weighted by Gasteiger charge is 2.42. The molecule has 0 spiro atoms. The van der Waals surface area contributed by atoms with Crippen molar-refractivity contribution in [2.75, 3.05) is 26.2 Å². The molecule has 308 valence electrons. The summed E-state index contributed by atoms with van der Waals surface area (Å²) in [7, 11) is 0. The molecule has 0 aliphatic carbocycles. The number of hydrogen-bond acceptors (Lipinski definition) is 9. The van der Waals surface area contributed by atoms with E-state index in [9.17, 15) is 43.8 Å². The number of nitrogens with zero attached hydrogens (tertiary/aromatic N) is 3. The number of carbonyl (C=O) groups excluding carboxylic acids is 6. The molecule has 2 aromatic rings. The molecule has 57 heavy (non-hydrogen) atoms. The van der Waals surface area contributed by atoms with E-state index in [2.05, 4.69) is 16.0 Å². The number of nitrogens with one attached hydrogen (secondary N) is 3. The van der Waals surface area contributed by atoms with Crippen molar-refractivity contribution in [3.05, 3.63) is 65.7 Å². The highest BCUT2D eigenvalue weighted by atomic mass is 16.4. The van der Waals surface area contributed by atoms with Gasteiger partial charge in [-0.05, 0) is 74.1 Å². The Balaban J connectivity index is 1.22. The van der Waals surface area contributed by atoms with E-state index in [-0.39, 0.29) is 37.6 Å². The third kappa shape index (κ3) is 10.7. The highest BCUT2D eigenvalue weighted by Crippen LogP contribution is 2.24. The summed E-state index contributed by atoms with van der Waals surface area (Å²) in [6.07, 6.45) is 3.59. The molecule has 0 unspecified atom stereocenters. The van der Waals surface area contributed by atoms with E-state index in [1.165, 1.54) is 26.8 Å². The predicted octanol–water partition coefficient (Wildman–Crippen LogP) is 0.694. The van der Waals surface area contributed by atoms with Gasteiger partial charge in [-0.25, -0.2) is 4.79 Å². The minimum absolute atomic E-state index is 0.0934. The third-order valence-electron chi connectivity index (χ3n) is 11.3. The number of rotatable bonds is 16. The lowest BCUT2D eigenvalue weighted by atomic mass is 9.99. The van der Waals surface area contributed by atoms with E-state index < -0.39 is 84.2 Å². The normalized spacial score (nSPS) is 21.3. The van der Waals surface area contributed by atoms with Crippen LogP contribution in [0, 0.1) is 5.92 Å². The zero-order chi connectivity index (χ0) is 41.2. The molecule has 0 saturated carbocycles. The van der Waals surface area contributed by atoms with Crippen molar-refractivity contribution in [2.45, 2.75) is 108 Å². The van der Waals surface area contributed by atoms with Crippen molar-refractivity contribution in [1.29, 1.82) is 0 Å². The monoisotopic (exact) mass is 789 g/mol. The van der Waals surface area contributed by atoms with Crippen LogP contribution in [0.2, 0.25) is 0 Å². The minimum Gasteiger partial charge on any atom is -0.508 e. The second-order valence-corrected chi connectivity index (χ2v) is 15.3. The topological polar surface area (TPSA) is 232 Å². The summed E-state index contributed by atoms with van der Waals surface area (Å²) in [5.74, 6) is -4.34. The van der Waals surface area contributed by atoms with Gasteiger partial charge in [0.25, 0.3) is 0 Å². The maximum atomic E-state index is 14.3. The van der Waals surface area contributed by atoms with Gasteiger partial charge in [-0.15, -0.1) is 0 Å². The molecule has 0 radical (unpaired) electrons. The van der Waals surface area contributed by atoms with E-state index >= 15 is 0 Å². The van der Waals surface area contributed by atoms with Crippen LogP contribution in [-0.2, 0) is 46.4 Å². The van der Waals surface area contributed by atoms with Crippen LogP contribution < -0.4 is 21.7 Å². The number of amides is 6. The van der Waals surface area contributed by atoms with Crippen molar-refractivity contribution in [2.24, 2.45) is 11.7 Å². The van der Waals surface area contributed by atoms with E-state index in [4.69, 9.17) is 5.73 Å². The molecule has 7 atom stereocenters. The second kappa shape index (κ2) is 19.6. The first-order valence-corrected chi connectivity index (χ1v) is 19.9. The first kappa shape index (κ1) is 42.6. The zero-order valence-electron chi connectivity index (χ0n) is 32.6. The molecule has 3 heterocycles. The number of benzene rings is 2. The van der Waals surface area contributed by atoms with Crippen LogP contribution in [-0.4, -0.2) is 129 Å². The number of phenols is 1. The molecule has 0 bridgehead atoms. The van der Waals surface area contributed by atoms with Gasteiger partial charge in [0.1, 0.15) is 36.0 Å². The maximum absolute atomic E-state index is 14.3. The quantitative estimate of drug-likeness (QED) is 0.139. The first-order valence-electron chi connectivity index (χ1n) is 19.9. The summed E-state index contributed by atoms with van der Waals surface area (Å²) >= 11 is 0. The molecule has 0 aromatic heterocycles. The van der Waals surface area contributed by atoms with Crippen molar-refractivity contribution < 1.29 is 43.8 Å². The van der Waals surface area contributed by atoms with Crippen LogP contribution in [0.15, 0.2) is 54.6 Å². The van der Waals surface area contributed by atoms with Crippen molar-refractivity contribution >= 4 is 41.4 Å². The Labute approximate surface area is 332 Å². The van der Waals surface area contributed by atoms with Crippen molar-refractivity contribution in [1.82, 2.24) is 30.7 Å². The summed E-state index contributed by atoms with van der Waals surface area (Å²) in [6, 6.07) is 9.81. The van der Waals surface area contributed by atoms with E-state index in [0.29, 0.717) is 51.5 Å². The van der Waals surface area contributed by atoms with Gasteiger partial charge in [0.05, 0.1) is 12.6 Å². The van der Waals surface area contributed by atoms with Gasteiger partial charge in [0.2, 0.25) is 35.4 Å². The van der Waals surface area contributed by atoms with Gasteiger partial charge in [0.15, 0.2) is 0 Å². The smallest absolute Gasteiger partial charge is 0.326 e. The number of aromatic hydroxyl groups is 1. The van der Waals surface area contributed by atoms with Gasteiger partial charge in [-0.2, -0.15) is 0 Å². The number of carboxylic acids is 1. The van der Waals surface area contributed by atoms with Crippen LogP contribution in [0.4, 0.5) is 0 Å². The Morgan fingerprint density at radius 1 is 0.719 bits per heavy atom. The van der Waals surface area contributed by atoms with Gasteiger partial charge in [-0.1, -0.05) is 62.7 Å². The van der Waals surface area contributed by atoms with Crippen molar-refractivity contribution in [3.8, 4) is 5.75 Å². The Bertz CT molecular complexity index is 1780. The molecule has 7 N–H and O–H groups in total. The number of hydrogen-bond donors (Lipinski definition) is 6. The van der Waals surface area contributed by atoms with Crippen molar-refractivity contribution in [3.63, 3.8) is 0 Å². The molecule has 3 aliphatic heterocycles. The first-order chi connectivity index (χ1) is 27.3. The molecule has 3 aliphatic rings. The Kier molecular flexibility index (Phi) is 14.6. The third-order valence-corrected chi connectivity index (χ3v) is 11.3.